The largest absolute Gasteiger partial charge is 0.456 e. The van der Waals surface area contributed by atoms with Gasteiger partial charge in [0, 0.05) is 22.7 Å². The van der Waals surface area contributed by atoms with Crippen molar-refractivity contribution in [3.05, 3.63) is 66.7 Å². The molecule has 0 fully saturated rings. The van der Waals surface area contributed by atoms with Gasteiger partial charge in [-0.3, -0.25) is 0 Å². The fourth-order valence-corrected chi connectivity index (χ4v) is 2.45. The number of nitrogens with zero attached hydrogens (tertiary/aromatic N) is 2. The monoisotopic (exact) mass is 275 g/mol. The summed E-state index contributed by atoms with van der Waals surface area (Å²) in [4.78, 5) is 8.12. The van der Waals surface area contributed by atoms with Crippen molar-refractivity contribution in [2.24, 2.45) is 0 Å². The lowest BCUT2D eigenvalue weighted by Crippen LogP contribution is -2.01. The van der Waals surface area contributed by atoms with E-state index < -0.39 is 0 Å². The average Bonchev–Trinajstić information content (AvgIpc) is 2.92. The van der Waals surface area contributed by atoms with Crippen LogP contribution in [-0.4, -0.2) is 9.97 Å². The Balaban J connectivity index is 1.68. The molecule has 0 saturated carbocycles. The summed E-state index contributed by atoms with van der Waals surface area (Å²) in [7, 11) is 0. The summed E-state index contributed by atoms with van der Waals surface area (Å²) in [6, 6.07) is 16.1. The van der Waals surface area contributed by atoms with Gasteiger partial charge in [0.05, 0.1) is 12.2 Å². The smallest absolute Gasteiger partial charge is 0.135 e. The lowest BCUT2D eigenvalue weighted by Gasteiger charge is -2.05. The molecule has 0 aliphatic carbocycles. The highest BCUT2D eigenvalue weighted by Crippen LogP contribution is 2.30. The number of aromatic nitrogens is 2. The van der Waals surface area contributed by atoms with E-state index in [1.54, 1.807) is 12.5 Å². The fourth-order valence-electron chi connectivity index (χ4n) is 2.45. The Morgan fingerprint density at radius 2 is 1.86 bits per heavy atom. The van der Waals surface area contributed by atoms with Gasteiger partial charge in [-0.2, -0.15) is 0 Å². The number of benzene rings is 2. The molecule has 4 aromatic rings. The maximum atomic E-state index is 5.82. The van der Waals surface area contributed by atoms with Crippen molar-refractivity contribution in [3.8, 4) is 0 Å². The Kier molecular flexibility index (Phi) is 2.78. The highest BCUT2D eigenvalue weighted by Gasteiger charge is 2.06. The van der Waals surface area contributed by atoms with Gasteiger partial charge in [0.15, 0.2) is 0 Å². The van der Waals surface area contributed by atoms with Crippen molar-refractivity contribution < 1.29 is 4.42 Å². The summed E-state index contributed by atoms with van der Waals surface area (Å²) < 4.78 is 5.82. The number of nitrogens with one attached hydrogen (secondary N) is 1. The minimum absolute atomic E-state index is 0.670. The van der Waals surface area contributed by atoms with Crippen molar-refractivity contribution >= 4 is 27.6 Å². The van der Waals surface area contributed by atoms with Gasteiger partial charge in [0.2, 0.25) is 0 Å². The lowest BCUT2D eigenvalue weighted by molar-refractivity contribution is 0.669. The van der Waals surface area contributed by atoms with E-state index in [1.165, 1.54) is 0 Å². The van der Waals surface area contributed by atoms with Crippen LogP contribution in [0.1, 0.15) is 5.69 Å². The molecule has 21 heavy (non-hydrogen) atoms. The van der Waals surface area contributed by atoms with Crippen LogP contribution in [0, 0.1) is 0 Å². The number of rotatable bonds is 3. The quantitative estimate of drug-likeness (QED) is 0.614. The van der Waals surface area contributed by atoms with E-state index in [0.29, 0.717) is 6.54 Å². The summed E-state index contributed by atoms with van der Waals surface area (Å²) in [6.45, 7) is 0.670. The van der Waals surface area contributed by atoms with Crippen LogP contribution in [0.4, 0.5) is 5.69 Å². The summed E-state index contributed by atoms with van der Waals surface area (Å²) in [6.07, 6.45) is 3.31. The van der Waals surface area contributed by atoms with Gasteiger partial charge in [0.1, 0.15) is 17.5 Å². The molecule has 0 spiro atoms. The van der Waals surface area contributed by atoms with Crippen molar-refractivity contribution in [1.29, 1.82) is 0 Å². The number of hydrogen-bond acceptors (Lipinski definition) is 4. The Hall–Kier alpha value is -2.88. The zero-order valence-corrected chi connectivity index (χ0v) is 11.3. The first-order valence-electron chi connectivity index (χ1n) is 6.80. The first-order chi connectivity index (χ1) is 10.4. The lowest BCUT2D eigenvalue weighted by atomic mass is 10.1. The van der Waals surface area contributed by atoms with E-state index in [9.17, 15) is 0 Å². The van der Waals surface area contributed by atoms with Crippen LogP contribution >= 0.6 is 0 Å². The molecule has 0 atom stereocenters. The van der Waals surface area contributed by atoms with Gasteiger partial charge >= 0.3 is 0 Å². The van der Waals surface area contributed by atoms with E-state index in [1.807, 2.05) is 36.4 Å². The maximum absolute atomic E-state index is 5.82. The number of furan rings is 1. The fraction of sp³-hybridized carbons (Fsp3) is 0.0588. The molecule has 0 radical (unpaired) electrons. The topological polar surface area (TPSA) is 51.0 Å². The van der Waals surface area contributed by atoms with E-state index in [4.69, 9.17) is 4.42 Å². The van der Waals surface area contributed by atoms with Crippen LogP contribution in [0.2, 0.25) is 0 Å². The molecule has 2 aromatic heterocycles. The minimum Gasteiger partial charge on any atom is -0.456 e. The zero-order valence-electron chi connectivity index (χ0n) is 11.3. The molecule has 4 heteroatoms. The molecule has 2 aromatic carbocycles. The van der Waals surface area contributed by atoms with E-state index in [-0.39, 0.29) is 0 Å². The Labute approximate surface area is 121 Å². The highest BCUT2D eigenvalue weighted by atomic mass is 16.3. The third kappa shape index (κ3) is 2.21. The molecule has 4 nitrogen and oxygen atoms in total. The molecule has 1 N–H and O–H groups in total. The number of para-hydroxylation sites is 1. The molecule has 4 rings (SSSR count). The second kappa shape index (κ2) is 4.90. The highest BCUT2D eigenvalue weighted by molar-refractivity contribution is 6.05. The van der Waals surface area contributed by atoms with Crippen LogP contribution < -0.4 is 5.32 Å². The van der Waals surface area contributed by atoms with Crippen LogP contribution in [0.5, 0.6) is 0 Å². The van der Waals surface area contributed by atoms with Crippen LogP contribution in [0.3, 0.4) is 0 Å². The summed E-state index contributed by atoms with van der Waals surface area (Å²) >= 11 is 0. The third-order valence-corrected chi connectivity index (χ3v) is 3.49. The third-order valence-electron chi connectivity index (χ3n) is 3.49. The predicted molar refractivity (Wildman–Crippen MR) is 83.1 cm³/mol. The normalized spacial score (nSPS) is 11.0. The van der Waals surface area contributed by atoms with E-state index >= 15 is 0 Å². The first kappa shape index (κ1) is 11.9. The Bertz CT molecular complexity index is 900. The molecule has 0 aliphatic heterocycles. The molecule has 0 bridgehead atoms. The number of fused-ring (bicyclic) bond motifs is 3. The zero-order chi connectivity index (χ0) is 14.1. The second-order valence-corrected chi connectivity index (χ2v) is 4.86. The predicted octanol–water partition coefficient (Wildman–Crippen LogP) is 3.99. The molecule has 102 valence electrons. The van der Waals surface area contributed by atoms with Gasteiger partial charge in [-0.1, -0.05) is 18.2 Å². The summed E-state index contributed by atoms with van der Waals surface area (Å²) in [5.41, 5.74) is 3.83. The van der Waals surface area contributed by atoms with Crippen molar-refractivity contribution in [2.45, 2.75) is 6.54 Å². The average molecular weight is 275 g/mol. The van der Waals surface area contributed by atoms with Gasteiger partial charge in [-0.05, 0) is 30.3 Å². The van der Waals surface area contributed by atoms with E-state index in [2.05, 4.69) is 27.4 Å². The Morgan fingerprint density at radius 1 is 0.952 bits per heavy atom. The molecular weight excluding hydrogens is 262 g/mol. The molecule has 0 unspecified atom stereocenters. The first-order valence-corrected chi connectivity index (χ1v) is 6.80. The van der Waals surface area contributed by atoms with Crippen molar-refractivity contribution in [1.82, 2.24) is 9.97 Å². The molecular formula is C17H13N3O. The maximum Gasteiger partial charge on any atom is 0.135 e. The SMILES string of the molecule is c1ccc2c(c1)oc1ccc(NCc3ccncn3)cc12. The van der Waals surface area contributed by atoms with Crippen LogP contribution in [0.15, 0.2) is 65.5 Å². The summed E-state index contributed by atoms with van der Waals surface area (Å²) in [5.74, 6) is 0. The standard InChI is InChI=1S/C17H13N3O/c1-2-4-16-14(3-1)15-9-12(5-6-17(15)21-16)19-10-13-7-8-18-11-20-13/h1-9,11,19H,10H2. The van der Waals surface area contributed by atoms with Crippen molar-refractivity contribution in [2.75, 3.05) is 5.32 Å². The Morgan fingerprint density at radius 3 is 2.76 bits per heavy atom. The van der Waals surface area contributed by atoms with Gasteiger partial charge in [-0.15, -0.1) is 0 Å². The number of hydrogen-bond donors (Lipinski definition) is 1. The molecule has 2 heterocycles. The van der Waals surface area contributed by atoms with E-state index in [0.717, 1.165) is 33.3 Å². The van der Waals surface area contributed by atoms with Gasteiger partial charge in [0.25, 0.3) is 0 Å². The van der Waals surface area contributed by atoms with Crippen molar-refractivity contribution in [3.63, 3.8) is 0 Å². The molecule has 0 aliphatic rings. The second-order valence-electron chi connectivity index (χ2n) is 4.86. The number of anilines is 1. The summed E-state index contributed by atoms with van der Waals surface area (Å²) in [5, 5.41) is 5.64. The molecule has 0 saturated heterocycles. The minimum atomic E-state index is 0.670. The van der Waals surface area contributed by atoms with Crippen LogP contribution in [-0.2, 0) is 6.54 Å². The van der Waals surface area contributed by atoms with Crippen LogP contribution in [0.25, 0.3) is 21.9 Å². The van der Waals surface area contributed by atoms with Gasteiger partial charge < -0.3 is 9.73 Å². The van der Waals surface area contributed by atoms with Gasteiger partial charge in [-0.25, -0.2) is 9.97 Å². The molecule has 0 amide bonds.